The first kappa shape index (κ1) is 21.2. The van der Waals surface area contributed by atoms with E-state index < -0.39 is 23.7 Å². The van der Waals surface area contributed by atoms with Crippen molar-refractivity contribution in [3.63, 3.8) is 0 Å². The summed E-state index contributed by atoms with van der Waals surface area (Å²) >= 11 is 0. The minimum absolute atomic E-state index is 0.0961. The second-order valence-electron chi connectivity index (χ2n) is 7.22. The van der Waals surface area contributed by atoms with Gasteiger partial charge in [0.2, 0.25) is 0 Å². The third kappa shape index (κ3) is 7.67. The molecule has 0 aromatic heterocycles. The van der Waals surface area contributed by atoms with Crippen LogP contribution in [0.1, 0.15) is 31.9 Å². The van der Waals surface area contributed by atoms with Crippen molar-refractivity contribution >= 4 is 12.1 Å². The van der Waals surface area contributed by atoms with Crippen molar-refractivity contribution in [2.75, 3.05) is 0 Å². The van der Waals surface area contributed by atoms with Crippen LogP contribution in [0.4, 0.5) is 4.79 Å². The molecule has 0 aliphatic carbocycles. The van der Waals surface area contributed by atoms with Gasteiger partial charge in [0, 0.05) is 6.42 Å². The molecule has 0 fully saturated rings. The molecule has 2 aromatic carbocycles. The third-order valence-corrected chi connectivity index (χ3v) is 3.57. The van der Waals surface area contributed by atoms with Gasteiger partial charge in [0.15, 0.2) is 0 Å². The van der Waals surface area contributed by atoms with E-state index in [4.69, 9.17) is 9.62 Å². The Morgan fingerprint density at radius 3 is 2.21 bits per heavy atom. The van der Waals surface area contributed by atoms with Crippen LogP contribution in [0.3, 0.4) is 0 Å². The summed E-state index contributed by atoms with van der Waals surface area (Å²) in [5, 5.41) is 11.6. The summed E-state index contributed by atoms with van der Waals surface area (Å²) in [6.45, 7) is 5.56. The highest BCUT2D eigenvalue weighted by Gasteiger charge is 2.23. The van der Waals surface area contributed by atoms with E-state index in [0.29, 0.717) is 12.4 Å². The normalized spacial score (nSPS) is 12.1. The number of rotatable bonds is 8. The van der Waals surface area contributed by atoms with E-state index in [1.54, 1.807) is 45.0 Å². The maximum Gasteiger partial charge on any atom is 0.439 e. The minimum Gasteiger partial charge on any atom is -0.489 e. The standard InChI is InChI=1S/C21H25NO6/c1-21(2,3)28-27-20(25)22-18(19(23)24)13-15-9-11-17(12-10-15)26-14-16-7-5-4-6-8-16/h4-12,18H,13-14H2,1-3H3,(H,22,25)(H,23,24)/t18-/m0/s1. The van der Waals surface area contributed by atoms with Gasteiger partial charge < -0.3 is 15.2 Å². The van der Waals surface area contributed by atoms with Crippen molar-refractivity contribution in [3.05, 3.63) is 65.7 Å². The lowest BCUT2D eigenvalue weighted by atomic mass is 10.1. The van der Waals surface area contributed by atoms with Gasteiger partial charge in [0.05, 0.1) is 0 Å². The van der Waals surface area contributed by atoms with Crippen LogP contribution in [0, 0.1) is 0 Å². The molecule has 7 heteroatoms. The molecule has 1 amide bonds. The number of hydrogen-bond acceptors (Lipinski definition) is 5. The number of amides is 1. The Morgan fingerprint density at radius 1 is 1.00 bits per heavy atom. The molecule has 7 nitrogen and oxygen atoms in total. The zero-order chi connectivity index (χ0) is 20.6. The van der Waals surface area contributed by atoms with Crippen LogP contribution in [-0.4, -0.2) is 28.8 Å². The van der Waals surface area contributed by atoms with Crippen LogP contribution in [0.2, 0.25) is 0 Å². The largest absolute Gasteiger partial charge is 0.489 e. The molecule has 0 radical (unpaired) electrons. The Hall–Kier alpha value is -3.06. The van der Waals surface area contributed by atoms with Gasteiger partial charge in [-0.1, -0.05) is 42.5 Å². The fourth-order valence-electron chi connectivity index (χ4n) is 2.23. The molecule has 0 aliphatic heterocycles. The quantitative estimate of drug-likeness (QED) is 0.530. The number of ether oxygens (including phenoxy) is 1. The second-order valence-corrected chi connectivity index (χ2v) is 7.22. The van der Waals surface area contributed by atoms with Crippen molar-refractivity contribution in [1.29, 1.82) is 0 Å². The highest BCUT2D eigenvalue weighted by atomic mass is 17.2. The number of aliphatic carboxylic acids is 1. The molecular weight excluding hydrogens is 362 g/mol. The highest BCUT2D eigenvalue weighted by molar-refractivity contribution is 5.80. The SMILES string of the molecule is CC(C)(C)OOC(=O)N[C@@H](Cc1ccc(OCc2ccccc2)cc1)C(=O)O. The maximum atomic E-state index is 11.7. The zero-order valence-electron chi connectivity index (χ0n) is 16.2. The van der Waals surface area contributed by atoms with Gasteiger partial charge >= 0.3 is 12.1 Å². The minimum atomic E-state index is -1.17. The lowest BCUT2D eigenvalue weighted by Gasteiger charge is -2.18. The Kier molecular flexibility index (Phi) is 7.40. The number of carbonyl (C=O) groups excluding carboxylic acids is 1. The first-order valence-corrected chi connectivity index (χ1v) is 8.87. The van der Waals surface area contributed by atoms with Gasteiger partial charge in [0.25, 0.3) is 0 Å². The first-order chi connectivity index (χ1) is 13.2. The van der Waals surface area contributed by atoms with Gasteiger partial charge in [-0.3, -0.25) is 4.89 Å². The zero-order valence-corrected chi connectivity index (χ0v) is 16.2. The number of nitrogens with one attached hydrogen (secondary N) is 1. The lowest BCUT2D eigenvalue weighted by molar-refractivity contribution is -0.300. The Balaban J connectivity index is 1.88. The summed E-state index contributed by atoms with van der Waals surface area (Å²) in [6, 6.07) is 15.7. The van der Waals surface area contributed by atoms with E-state index in [2.05, 4.69) is 10.2 Å². The number of carbonyl (C=O) groups is 2. The molecule has 0 aliphatic rings. The summed E-state index contributed by atoms with van der Waals surface area (Å²) in [5.41, 5.74) is 1.10. The molecule has 0 heterocycles. The summed E-state index contributed by atoms with van der Waals surface area (Å²) in [4.78, 5) is 32.6. The molecule has 0 bridgehead atoms. The smallest absolute Gasteiger partial charge is 0.439 e. The van der Waals surface area contributed by atoms with Crippen molar-refractivity contribution in [3.8, 4) is 5.75 Å². The predicted octanol–water partition coefficient (Wildman–Crippen LogP) is 3.72. The lowest BCUT2D eigenvalue weighted by Crippen LogP contribution is -2.43. The van der Waals surface area contributed by atoms with Crippen molar-refractivity contribution < 1.29 is 29.2 Å². The molecule has 150 valence electrons. The molecule has 1 atom stereocenters. The summed E-state index contributed by atoms with van der Waals surface area (Å²) in [6.07, 6.45) is -0.857. The van der Waals surface area contributed by atoms with E-state index in [9.17, 15) is 14.7 Å². The molecule has 2 N–H and O–H groups in total. The third-order valence-electron chi connectivity index (χ3n) is 3.57. The van der Waals surface area contributed by atoms with Gasteiger partial charge in [-0.25, -0.2) is 9.59 Å². The van der Waals surface area contributed by atoms with E-state index in [1.807, 2.05) is 30.3 Å². The van der Waals surface area contributed by atoms with Gasteiger partial charge in [-0.05, 0) is 44.0 Å². The molecule has 28 heavy (non-hydrogen) atoms. The van der Waals surface area contributed by atoms with Crippen LogP contribution in [0.15, 0.2) is 54.6 Å². The van der Waals surface area contributed by atoms with Crippen molar-refractivity contribution in [1.82, 2.24) is 5.32 Å². The second kappa shape index (κ2) is 9.75. The molecule has 0 spiro atoms. The van der Waals surface area contributed by atoms with Crippen LogP contribution in [0.25, 0.3) is 0 Å². The Labute approximate surface area is 164 Å². The Morgan fingerprint density at radius 2 is 1.64 bits per heavy atom. The predicted molar refractivity (Wildman–Crippen MR) is 103 cm³/mol. The van der Waals surface area contributed by atoms with E-state index >= 15 is 0 Å². The maximum absolute atomic E-state index is 11.7. The van der Waals surface area contributed by atoms with Crippen molar-refractivity contribution in [2.24, 2.45) is 0 Å². The van der Waals surface area contributed by atoms with Crippen LogP contribution >= 0.6 is 0 Å². The van der Waals surface area contributed by atoms with Crippen molar-refractivity contribution in [2.45, 2.75) is 45.4 Å². The fourth-order valence-corrected chi connectivity index (χ4v) is 2.23. The van der Waals surface area contributed by atoms with Gasteiger partial charge in [0.1, 0.15) is 24.0 Å². The van der Waals surface area contributed by atoms with Crippen LogP contribution in [-0.2, 0) is 27.6 Å². The van der Waals surface area contributed by atoms with E-state index in [0.717, 1.165) is 11.1 Å². The fraction of sp³-hybridized carbons (Fsp3) is 0.333. The molecule has 0 unspecified atom stereocenters. The van der Waals surface area contributed by atoms with Gasteiger partial charge in [-0.2, -0.15) is 4.89 Å². The monoisotopic (exact) mass is 387 g/mol. The first-order valence-electron chi connectivity index (χ1n) is 8.87. The van der Waals surface area contributed by atoms with E-state index in [1.165, 1.54) is 0 Å². The van der Waals surface area contributed by atoms with Crippen LogP contribution < -0.4 is 10.1 Å². The Bertz CT molecular complexity index is 768. The molecule has 2 rings (SSSR count). The average molecular weight is 387 g/mol. The summed E-state index contributed by atoms with van der Waals surface area (Å²) in [7, 11) is 0. The number of carboxylic acid groups (broad SMARTS) is 1. The van der Waals surface area contributed by atoms with E-state index in [-0.39, 0.29) is 6.42 Å². The number of benzene rings is 2. The summed E-state index contributed by atoms with van der Waals surface area (Å²) in [5.74, 6) is -0.498. The van der Waals surface area contributed by atoms with Crippen LogP contribution in [0.5, 0.6) is 5.75 Å². The molecule has 2 aromatic rings. The molecule has 0 saturated carbocycles. The summed E-state index contributed by atoms with van der Waals surface area (Å²) < 4.78 is 5.71. The number of carboxylic acids is 1. The van der Waals surface area contributed by atoms with Gasteiger partial charge in [-0.15, -0.1) is 0 Å². The molecule has 0 saturated heterocycles. The topological polar surface area (TPSA) is 94.1 Å². The average Bonchev–Trinajstić information content (AvgIpc) is 2.65. The molecular formula is C21H25NO6. The number of hydrogen-bond donors (Lipinski definition) is 2. The highest BCUT2D eigenvalue weighted by Crippen LogP contribution is 2.16.